The lowest BCUT2D eigenvalue weighted by Crippen LogP contribution is -2.51. The predicted octanol–water partition coefficient (Wildman–Crippen LogP) is 0.758. The Morgan fingerprint density at radius 3 is 2.56 bits per heavy atom. The average molecular weight is 227 g/mol. The van der Waals surface area contributed by atoms with Crippen LogP contribution in [0.4, 0.5) is 0 Å². The Labute approximate surface area is 96.9 Å². The van der Waals surface area contributed by atoms with Crippen LogP contribution in [0.25, 0.3) is 0 Å². The van der Waals surface area contributed by atoms with Crippen LogP contribution in [0.3, 0.4) is 0 Å². The van der Waals surface area contributed by atoms with Crippen molar-refractivity contribution in [1.29, 1.82) is 5.41 Å². The largest absolute Gasteiger partial charge is 0.465 e. The zero-order chi connectivity index (χ0) is 12.3. The number of carbonyl (C=O) groups is 1. The van der Waals surface area contributed by atoms with Crippen LogP contribution in [-0.4, -0.2) is 55.0 Å². The van der Waals surface area contributed by atoms with Crippen molar-refractivity contribution in [1.82, 2.24) is 9.80 Å². The zero-order valence-corrected chi connectivity index (χ0v) is 10.5. The fraction of sp³-hybridized carbons (Fsp3) is 0.818. The van der Waals surface area contributed by atoms with Crippen LogP contribution in [0.2, 0.25) is 0 Å². The summed E-state index contributed by atoms with van der Waals surface area (Å²) in [5.41, 5.74) is 0.0306. The van der Waals surface area contributed by atoms with Gasteiger partial charge in [-0.25, -0.2) is 0 Å². The van der Waals surface area contributed by atoms with Crippen LogP contribution in [0.15, 0.2) is 0 Å². The molecule has 0 saturated carbocycles. The lowest BCUT2D eigenvalue weighted by atomic mass is 9.99. The fourth-order valence-electron chi connectivity index (χ4n) is 1.31. The number of rotatable bonds is 1. The first kappa shape index (κ1) is 12.8. The number of hydrogen-bond donors (Lipinski definition) is 1. The maximum absolute atomic E-state index is 11.4. The van der Waals surface area contributed by atoms with Crippen molar-refractivity contribution in [3.05, 3.63) is 0 Å². The summed E-state index contributed by atoms with van der Waals surface area (Å²) in [5, 5.41) is 7.75. The highest BCUT2D eigenvalue weighted by atomic mass is 16.5. The first-order valence-corrected chi connectivity index (χ1v) is 5.50. The third kappa shape index (κ3) is 3.72. The van der Waals surface area contributed by atoms with Gasteiger partial charge in [-0.2, -0.15) is 0 Å². The van der Waals surface area contributed by atoms with Crippen LogP contribution in [0, 0.1) is 10.8 Å². The van der Waals surface area contributed by atoms with E-state index < -0.39 is 0 Å². The molecule has 0 aromatic rings. The Hall–Kier alpha value is -1.26. The SMILES string of the molecule is CN1CCN(C(=N)OCC(C)(C)C)CC1=O. The summed E-state index contributed by atoms with van der Waals surface area (Å²) in [6.07, 6.45) is 0. The molecule has 5 nitrogen and oxygen atoms in total. The second-order valence-corrected chi connectivity index (χ2v) is 5.39. The van der Waals surface area contributed by atoms with E-state index in [-0.39, 0.29) is 23.9 Å². The van der Waals surface area contributed by atoms with E-state index in [1.807, 2.05) is 0 Å². The highest BCUT2D eigenvalue weighted by Crippen LogP contribution is 2.13. The molecule has 5 heteroatoms. The van der Waals surface area contributed by atoms with E-state index in [9.17, 15) is 4.79 Å². The second kappa shape index (κ2) is 4.72. The molecule has 92 valence electrons. The second-order valence-electron chi connectivity index (χ2n) is 5.39. The van der Waals surface area contributed by atoms with Gasteiger partial charge in [0, 0.05) is 20.1 Å². The number of amides is 1. The van der Waals surface area contributed by atoms with Gasteiger partial charge in [0.25, 0.3) is 6.02 Å². The average Bonchev–Trinajstić information content (AvgIpc) is 2.17. The molecule has 1 aliphatic heterocycles. The van der Waals surface area contributed by atoms with Crippen molar-refractivity contribution in [3.8, 4) is 0 Å². The van der Waals surface area contributed by atoms with Crippen LogP contribution in [-0.2, 0) is 9.53 Å². The van der Waals surface area contributed by atoms with Gasteiger partial charge in [-0.3, -0.25) is 10.2 Å². The Morgan fingerprint density at radius 1 is 1.44 bits per heavy atom. The van der Waals surface area contributed by atoms with Gasteiger partial charge in [-0.05, 0) is 5.41 Å². The fourth-order valence-corrected chi connectivity index (χ4v) is 1.31. The zero-order valence-electron chi connectivity index (χ0n) is 10.5. The van der Waals surface area contributed by atoms with Crippen molar-refractivity contribution in [2.24, 2.45) is 5.41 Å². The molecule has 0 spiro atoms. The normalized spacial score (nSPS) is 17.6. The van der Waals surface area contributed by atoms with Crippen molar-refractivity contribution in [2.45, 2.75) is 20.8 Å². The van der Waals surface area contributed by atoms with E-state index in [1.54, 1.807) is 16.8 Å². The van der Waals surface area contributed by atoms with Crippen LogP contribution in [0.1, 0.15) is 20.8 Å². The van der Waals surface area contributed by atoms with E-state index in [0.717, 1.165) is 0 Å². The summed E-state index contributed by atoms with van der Waals surface area (Å²) in [6.45, 7) is 8.22. The number of hydrogen-bond acceptors (Lipinski definition) is 3. The van der Waals surface area contributed by atoms with E-state index in [4.69, 9.17) is 10.1 Å². The lowest BCUT2D eigenvalue weighted by molar-refractivity contribution is -0.133. The first-order valence-electron chi connectivity index (χ1n) is 5.50. The molecule has 0 unspecified atom stereocenters. The summed E-state index contributed by atoms with van der Waals surface area (Å²) >= 11 is 0. The number of amidine groups is 1. The monoisotopic (exact) mass is 227 g/mol. The number of likely N-dealkylation sites (N-methyl/N-ethyl adjacent to an activating group) is 1. The van der Waals surface area contributed by atoms with E-state index in [2.05, 4.69) is 20.8 Å². The molecule has 0 radical (unpaired) electrons. The number of nitrogens with zero attached hydrogens (tertiary/aromatic N) is 2. The third-order valence-electron chi connectivity index (χ3n) is 2.39. The minimum absolute atomic E-state index is 0.0306. The Morgan fingerprint density at radius 2 is 2.06 bits per heavy atom. The van der Waals surface area contributed by atoms with Crippen molar-refractivity contribution in [2.75, 3.05) is 33.3 Å². The number of carbonyl (C=O) groups excluding carboxylic acids is 1. The molecule has 1 N–H and O–H groups in total. The Bertz CT molecular complexity index is 283. The summed E-state index contributed by atoms with van der Waals surface area (Å²) in [5.74, 6) is 0.0374. The van der Waals surface area contributed by atoms with Crippen molar-refractivity contribution >= 4 is 11.9 Å². The van der Waals surface area contributed by atoms with Gasteiger partial charge in [-0.1, -0.05) is 20.8 Å². The maximum atomic E-state index is 11.4. The molecule has 1 saturated heterocycles. The van der Waals surface area contributed by atoms with E-state index in [0.29, 0.717) is 19.7 Å². The molecule has 1 amide bonds. The Kier molecular flexibility index (Phi) is 3.78. The molecule has 16 heavy (non-hydrogen) atoms. The lowest BCUT2D eigenvalue weighted by Gasteiger charge is -2.33. The molecule has 1 heterocycles. The van der Waals surface area contributed by atoms with Gasteiger partial charge >= 0.3 is 0 Å². The number of piperazine rings is 1. The number of ether oxygens (including phenoxy) is 1. The smallest absolute Gasteiger partial charge is 0.284 e. The van der Waals surface area contributed by atoms with Gasteiger partial charge in [0.05, 0.1) is 6.61 Å². The molecule has 0 atom stereocenters. The maximum Gasteiger partial charge on any atom is 0.284 e. The molecule has 0 bridgehead atoms. The van der Waals surface area contributed by atoms with E-state index >= 15 is 0 Å². The molecule has 1 fully saturated rings. The topological polar surface area (TPSA) is 56.6 Å². The molecular formula is C11H21N3O2. The summed E-state index contributed by atoms with van der Waals surface area (Å²) in [6, 6.07) is 0.108. The highest BCUT2D eigenvalue weighted by molar-refractivity contribution is 5.83. The highest BCUT2D eigenvalue weighted by Gasteiger charge is 2.24. The quantitative estimate of drug-likeness (QED) is 0.531. The molecule has 0 aromatic carbocycles. The van der Waals surface area contributed by atoms with Gasteiger partial charge < -0.3 is 14.5 Å². The minimum Gasteiger partial charge on any atom is -0.465 e. The summed E-state index contributed by atoms with van der Waals surface area (Å²) in [7, 11) is 1.78. The van der Waals surface area contributed by atoms with Gasteiger partial charge in [0.15, 0.2) is 0 Å². The van der Waals surface area contributed by atoms with Crippen molar-refractivity contribution < 1.29 is 9.53 Å². The third-order valence-corrected chi connectivity index (χ3v) is 2.39. The van der Waals surface area contributed by atoms with Crippen LogP contribution in [0.5, 0.6) is 0 Å². The summed E-state index contributed by atoms with van der Waals surface area (Å²) in [4.78, 5) is 14.8. The Balaban J connectivity index is 2.41. The van der Waals surface area contributed by atoms with Crippen LogP contribution < -0.4 is 0 Å². The molecule has 0 aromatic heterocycles. The molecular weight excluding hydrogens is 206 g/mol. The first-order chi connectivity index (χ1) is 7.29. The minimum atomic E-state index is 0.0306. The van der Waals surface area contributed by atoms with E-state index in [1.165, 1.54) is 0 Å². The predicted molar refractivity (Wildman–Crippen MR) is 62.3 cm³/mol. The summed E-state index contributed by atoms with van der Waals surface area (Å²) < 4.78 is 5.37. The van der Waals surface area contributed by atoms with Gasteiger partial charge in [0.1, 0.15) is 6.54 Å². The van der Waals surface area contributed by atoms with Gasteiger partial charge in [-0.15, -0.1) is 0 Å². The van der Waals surface area contributed by atoms with Crippen LogP contribution >= 0.6 is 0 Å². The van der Waals surface area contributed by atoms with Gasteiger partial charge in [0.2, 0.25) is 5.91 Å². The molecule has 0 aliphatic carbocycles. The molecule has 1 aliphatic rings. The molecule has 1 rings (SSSR count). The standard InChI is InChI=1S/C11H21N3O2/c1-11(2,3)8-16-10(12)14-6-5-13(4)9(15)7-14/h12H,5-8H2,1-4H3. The van der Waals surface area contributed by atoms with Crippen molar-refractivity contribution in [3.63, 3.8) is 0 Å². The number of nitrogens with one attached hydrogen (secondary N) is 1.